The van der Waals surface area contributed by atoms with Gasteiger partial charge in [-0.25, -0.2) is 8.42 Å². The Balaban J connectivity index is 2.42. The number of sulfone groups is 1. The minimum absolute atomic E-state index is 0.0258. The molecule has 2 atom stereocenters. The van der Waals surface area contributed by atoms with Gasteiger partial charge in [-0.2, -0.15) is 0 Å². The number of hydrogen-bond acceptors (Lipinski definition) is 4. The van der Waals surface area contributed by atoms with Crippen LogP contribution in [0.15, 0.2) is 0 Å². The van der Waals surface area contributed by atoms with Gasteiger partial charge in [-0.15, -0.1) is 0 Å². The van der Waals surface area contributed by atoms with Gasteiger partial charge in [0.05, 0.1) is 11.5 Å². The van der Waals surface area contributed by atoms with Gasteiger partial charge < -0.3 is 0 Å². The van der Waals surface area contributed by atoms with Gasteiger partial charge in [0.15, 0.2) is 9.84 Å². The highest BCUT2D eigenvalue weighted by molar-refractivity contribution is 7.91. The van der Waals surface area contributed by atoms with Crippen LogP contribution in [0.25, 0.3) is 0 Å². The highest BCUT2D eigenvalue weighted by atomic mass is 32.2. The number of carbonyl (C=O) groups is 2. The first-order chi connectivity index (χ1) is 8.26. The van der Waals surface area contributed by atoms with Crippen LogP contribution in [-0.4, -0.2) is 31.7 Å². The van der Waals surface area contributed by atoms with Crippen molar-refractivity contribution in [1.82, 2.24) is 5.32 Å². The van der Waals surface area contributed by atoms with Gasteiger partial charge in [-0.1, -0.05) is 13.8 Å². The van der Waals surface area contributed by atoms with Gasteiger partial charge in [0.1, 0.15) is 0 Å². The van der Waals surface area contributed by atoms with E-state index in [2.05, 4.69) is 5.32 Å². The summed E-state index contributed by atoms with van der Waals surface area (Å²) in [5, 5.41) is 2.34. The Morgan fingerprint density at radius 2 is 2.00 bits per heavy atom. The molecule has 0 aromatic heterocycles. The molecule has 0 radical (unpaired) electrons. The highest BCUT2D eigenvalue weighted by Crippen LogP contribution is 2.46. The fraction of sp³-hybridized carbons (Fsp3) is 0.833. The quantitative estimate of drug-likeness (QED) is 0.705. The molecule has 2 aliphatic rings. The summed E-state index contributed by atoms with van der Waals surface area (Å²) in [7, 11) is -3.14. The first kappa shape index (κ1) is 13.5. The molecule has 0 saturated carbocycles. The van der Waals surface area contributed by atoms with Crippen molar-refractivity contribution in [1.29, 1.82) is 0 Å². The predicted molar refractivity (Wildman–Crippen MR) is 66.4 cm³/mol. The lowest BCUT2D eigenvalue weighted by Gasteiger charge is -2.46. The summed E-state index contributed by atoms with van der Waals surface area (Å²) in [6, 6.07) is 0. The first-order valence-electron chi connectivity index (χ1n) is 6.30. The van der Waals surface area contributed by atoms with Crippen LogP contribution in [0, 0.1) is 17.3 Å². The van der Waals surface area contributed by atoms with Crippen LogP contribution in [-0.2, 0) is 19.4 Å². The summed E-state index contributed by atoms with van der Waals surface area (Å²) in [5.74, 6) is -0.846. The number of hydrogen-bond donors (Lipinski definition) is 1. The molecule has 2 aliphatic heterocycles. The zero-order valence-electron chi connectivity index (χ0n) is 10.7. The average molecular weight is 273 g/mol. The van der Waals surface area contributed by atoms with Crippen LogP contribution < -0.4 is 5.32 Å². The predicted octanol–water partition coefficient (Wildman–Crippen LogP) is 0.500. The Labute approximate surface area is 107 Å². The van der Waals surface area contributed by atoms with Crippen molar-refractivity contribution in [2.24, 2.45) is 17.3 Å². The molecule has 2 amide bonds. The SMILES string of the molecule is CC(C)C1C(=O)NC(=O)CC12CCCS(=O)(=O)C2. The molecule has 1 N–H and O–H groups in total. The summed E-state index contributed by atoms with van der Waals surface area (Å²) in [4.78, 5) is 23.6. The second-order valence-corrected chi connectivity index (χ2v) is 8.05. The minimum Gasteiger partial charge on any atom is -0.296 e. The Bertz CT molecular complexity index is 482. The van der Waals surface area contributed by atoms with Gasteiger partial charge in [0, 0.05) is 17.8 Å². The van der Waals surface area contributed by atoms with Gasteiger partial charge in [0.25, 0.3) is 0 Å². The van der Waals surface area contributed by atoms with Crippen LogP contribution in [0.5, 0.6) is 0 Å². The second-order valence-electron chi connectivity index (χ2n) is 5.87. The normalized spacial score (nSPS) is 35.8. The van der Waals surface area contributed by atoms with E-state index in [0.29, 0.717) is 12.8 Å². The van der Waals surface area contributed by atoms with Gasteiger partial charge >= 0.3 is 0 Å². The van der Waals surface area contributed by atoms with Gasteiger partial charge in [0.2, 0.25) is 11.8 Å². The van der Waals surface area contributed by atoms with Crippen molar-refractivity contribution in [3.05, 3.63) is 0 Å². The van der Waals surface area contributed by atoms with Gasteiger partial charge in [-0.05, 0) is 18.8 Å². The Morgan fingerprint density at radius 1 is 1.33 bits per heavy atom. The molecule has 2 unspecified atom stereocenters. The maximum atomic E-state index is 12.0. The third-order valence-electron chi connectivity index (χ3n) is 4.02. The van der Waals surface area contributed by atoms with Gasteiger partial charge in [-0.3, -0.25) is 14.9 Å². The van der Waals surface area contributed by atoms with Crippen LogP contribution in [0.2, 0.25) is 0 Å². The highest BCUT2D eigenvalue weighted by Gasteiger charge is 2.53. The van der Waals surface area contributed by atoms with E-state index in [-0.39, 0.29) is 41.6 Å². The minimum atomic E-state index is -3.14. The standard InChI is InChI=1S/C12H19NO4S/c1-8(2)10-11(15)13-9(14)6-12(10)4-3-5-18(16,17)7-12/h8,10H,3-7H2,1-2H3,(H,13,14,15). The average Bonchev–Trinajstić information content (AvgIpc) is 2.11. The third kappa shape index (κ3) is 2.30. The zero-order valence-corrected chi connectivity index (χ0v) is 11.5. The van der Waals surface area contributed by atoms with Crippen molar-refractivity contribution in [3.8, 4) is 0 Å². The number of imide groups is 1. The zero-order chi connectivity index (χ0) is 13.6. The van der Waals surface area contributed by atoms with E-state index in [4.69, 9.17) is 0 Å². The molecule has 0 bridgehead atoms. The molecule has 2 saturated heterocycles. The smallest absolute Gasteiger partial charge is 0.230 e. The maximum Gasteiger partial charge on any atom is 0.230 e. The Kier molecular flexibility index (Phi) is 3.25. The van der Waals surface area contributed by atoms with Crippen LogP contribution in [0.1, 0.15) is 33.1 Å². The molecule has 6 heteroatoms. The second kappa shape index (κ2) is 4.33. The number of carbonyl (C=O) groups excluding carboxylic acids is 2. The fourth-order valence-corrected chi connectivity index (χ4v) is 5.62. The largest absolute Gasteiger partial charge is 0.296 e. The van der Waals surface area contributed by atoms with Crippen LogP contribution >= 0.6 is 0 Å². The molecule has 0 aliphatic carbocycles. The van der Waals surface area contributed by atoms with Crippen molar-refractivity contribution in [2.75, 3.05) is 11.5 Å². The van der Waals surface area contributed by atoms with Crippen molar-refractivity contribution in [3.63, 3.8) is 0 Å². The number of piperidine rings is 1. The lowest BCUT2D eigenvalue weighted by atomic mass is 9.64. The van der Waals surface area contributed by atoms with Crippen LogP contribution in [0.4, 0.5) is 0 Å². The molecule has 2 heterocycles. The molecular formula is C12H19NO4S. The molecule has 0 aromatic rings. The molecule has 2 rings (SSSR count). The van der Waals surface area contributed by atoms with E-state index in [9.17, 15) is 18.0 Å². The van der Waals surface area contributed by atoms with Crippen LogP contribution in [0.3, 0.4) is 0 Å². The number of rotatable bonds is 1. The molecule has 5 nitrogen and oxygen atoms in total. The van der Waals surface area contributed by atoms with E-state index in [1.54, 1.807) is 0 Å². The monoisotopic (exact) mass is 273 g/mol. The Hall–Kier alpha value is -0.910. The molecule has 18 heavy (non-hydrogen) atoms. The van der Waals surface area contributed by atoms with Crippen molar-refractivity contribution < 1.29 is 18.0 Å². The number of amides is 2. The molecular weight excluding hydrogens is 254 g/mol. The lowest BCUT2D eigenvalue weighted by Crippen LogP contribution is -2.57. The maximum absolute atomic E-state index is 12.0. The molecule has 102 valence electrons. The van der Waals surface area contributed by atoms with E-state index < -0.39 is 15.3 Å². The summed E-state index contributed by atoms with van der Waals surface area (Å²) in [5.41, 5.74) is -0.676. The first-order valence-corrected chi connectivity index (χ1v) is 8.12. The molecule has 1 spiro atoms. The van der Waals surface area contributed by atoms with Crippen molar-refractivity contribution in [2.45, 2.75) is 33.1 Å². The van der Waals surface area contributed by atoms with E-state index >= 15 is 0 Å². The summed E-state index contributed by atoms with van der Waals surface area (Å²) < 4.78 is 23.7. The van der Waals surface area contributed by atoms with Crippen molar-refractivity contribution >= 4 is 21.7 Å². The van der Waals surface area contributed by atoms with E-state index in [1.165, 1.54) is 0 Å². The number of nitrogens with one attached hydrogen (secondary N) is 1. The van der Waals surface area contributed by atoms with E-state index in [0.717, 1.165) is 0 Å². The lowest BCUT2D eigenvalue weighted by molar-refractivity contribution is -0.145. The summed E-state index contributed by atoms with van der Waals surface area (Å²) >= 11 is 0. The molecule has 2 fully saturated rings. The fourth-order valence-electron chi connectivity index (χ4n) is 3.59. The topological polar surface area (TPSA) is 80.3 Å². The third-order valence-corrected chi connectivity index (χ3v) is 5.95. The Morgan fingerprint density at radius 3 is 2.56 bits per heavy atom. The van der Waals surface area contributed by atoms with E-state index in [1.807, 2.05) is 13.8 Å². The summed E-state index contributed by atoms with van der Waals surface area (Å²) in [6.45, 7) is 3.81. The summed E-state index contributed by atoms with van der Waals surface area (Å²) in [6.07, 6.45) is 1.35. The molecule has 0 aromatic carbocycles.